The van der Waals surface area contributed by atoms with E-state index < -0.39 is 17.5 Å². The van der Waals surface area contributed by atoms with Crippen molar-refractivity contribution in [3.8, 4) is 0 Å². The van der Waals surface area contributed by atoms with Crippen molar-refractivity contribution in [2.24, 2.45) is 5.10 Å². The van der Waals surface area contributed by atoms with E-state index in [1.54, 1.807) is 0 Å². The van der Waals surface area contributed by atoms with Gasteiger partial charge >= 0.3 is 0 Å². The molecule has 1 heterocycles. The van der Waals surface area contributed by atoms with Gasteiger partial charge in [-0.15, -0.1) is 0 Å². The first kappa shape index (κ1) is 12.8. The molecule has 96 valence electrons. The Morgan fingerprint density at radius 3 is 2.58 bits per heavy atom. The molecule has 0 unspecified atom stereocenters. The largest absolute Gasteiger partial charge is 0.271 e. The zero-order chi connectivity index (χ0) is 13.7. The van der Waals surface area contributed by atoms with Crippen LogP contribution >= 0.6 is 0 Å². The zero-order valence-electron chi connectivity index (χ0n) is 9.68. The quantitative estimate of drug-likeness (QED) is 0.679. The number of carbonyl (C=O) groups is 1. The molecule has 0 spiro atoms. The lowest BCUT2D eigenvalue weighted by Gasteiger charge is -1.99. The lowest BCUT2D eigenvalue weighted by Crippen LogP contribution is -2.17. The number of hydrazone groups is 1. The third-order valence-electron chi connectivity index (χ3n) is 2.27. The Bertz CT molecular complexity index is 615. The van der Waals surface area contributed by atoms with Crippen LogP contribution in [-0.4, -0.2) is 17.1 Å². The number of nitrogens with zero attached hydrogens (tertiary/aromatic N) is 2. The molecule has 1 aromatic heterocycles. The summed E-state index contributed by atoms with van der Waals surface area (Å²) < 4.78 is 25.6. The molecule has 0 fully saturated rings. The van der Waals surface area contributed by atoms with E-state index in [1.807, 2.05) is 0 Å². The number of pyridine rings is 1. The van der Waals surface area contributed by atoms with Crippen LogP contribution in [0, 0.1) is 11.6 Å². The van der Waals surface area contributed by atoms with Crippen LogP contribution in [0.3, 0.4) is 0 Å². The van der Waals surface area contributed by atoms with E-state index in [0.29, 0.717) is 11.1 Å². The summed E-state index contributed by atoms with van der Waals surface area (Å²) in [7, 11) is 0. The molecule has 6 heteroatoms. The average Bonchev–Trinajstić information content (AvgIpc) is 2.43. The molecule has 2 aromatic rings. The highest BCUT2D eigenvalue weighted by Gasteiger charge is 2.03. The summed E-state index contributed by atoms with van der Waals surface area (Å²) in [5, 5.41) is 3.65. The number of benzene rings is 1. The minimum Gasteiger partial charge on any atom is -0.267 e. The molecule has 0 bridgehead atoms. The molecular weight excluding hydrogens is 252 g/mol. The Kier molecular flexibility index (Phi) is 3.92. The third-order valence-corrected chi connectivity index (χ3v) is 2.27. The van der Waals surface area contributed by atoms with E-state index in [-0.39, 0.29) is 0 Å². The van der Waals surface area contributed by atoms with Crippen molar-refractivity contribution in [1.82, 2.24) is 10.4 Å². The van der Waals surface area contributed by atoms with Gasteiger partial charge in [-0.25, -0.2) is 14.2 Å². The summed E-state index contributed by atoms with van der Waals surface area (Å²) in [4.78, 5) is 15.3. The van der Waals surface area contributed by atoms with Gasteiger partial charge in [-0.2, -0.15) is 5.10 Å². The van der Waals surface area contributed by atoms with E-state index in [4.69, 9.17) is 0 Å². The highest BCUT2D eigenvalue weighted by molar-refractivity contribution is 5.94. The second-order valence-electron chi connectivity index (χ2n) is 3.61. The monoisotopic (exact) mass is 261 g/mol. The van der Waals surface area contributed by atoms with E-state index in [9.17, 15) is 13.6 Å². The minimum atomic E-state index is -0.968. The van der Waals surface area contributed by atoms with Gasteiger partial charge in [0, 0.05) is 18.0 Å². The molecule has 19 heavy (non-hydrogen) atoms. The van der Waals surface area contributed by atoms with Gasteiger partial charge in [0.15, 0.2) is 11.6 Å². The maximum atomic E-state index is 12.9. The van der Waals surface area contributed by atoms with Crippen LogP contribution in [-0.2, 0) is 0 Å². The van der Waals surface area contributed by atoms with Crippen molar-refractivity contribution in [3.05, 3.63) is 65.5 Å². The van der Waals surface area contributed by atoms with Crippen molar-refractivity contribution >= 4 is 12.1 Å². The van der Waals surface area contributed by atoms with Crippen LogP contribution in [0.1, 0.15) is 15.9 Å². The fourth-order valence-electron chi connectivity index (χ4n) is 1.33. The summed E-state index contributed by atoms with van der Waals surface area (Å²) in [6, 6.07) is 6.38. The minimum absolute atomic E-state index is 0.342. The fraction of sp³-hybridized carbons (Fsp3) is 0. The number of nitrogens with one attached hydrogen (secondary N) is 1. The molecule has 0 aliphatic carbocycles. The standard InChI is InChI=1S/C13H9F2N3O/c14-11-2-1-9(7-12(11)15)8-17-18-13(19)10-3-5-16-6-4-10/h1-8H,(H,18,19)/b17-8+. The highest BCUT2D eigenvalue weighted by atomic mass is 19.2. The molecule has 0 radical (unpaired) electrons. The van der Waals surface area contributed by atoms with Gasteiger partial charge in [0.2, 0.25) is 0 Å². The predicted molar refractivity (Wildman–Crippen MR) is 65.7 cm³/mol. The number of aromatic nitrogens is 1. The summed E-state index contributed by atoms with van der Waals surface area (Å²) in [6.45, 7) is 0. The van der Waals surface area contributed by atoms with E-state index in [1.165, 1.54) is 36.8 Å². The predicted octanol–water partition coefficient (Wildman–Crippen LogP) is 2.12. The van der Waals surface area contributed by atoms with Crippen molar-refractivity contribution in [2.75, 3.05) is 0 Å². The van der Waals surface area contributed by atoms with Gasteiger partial charge in [-0.3, -0.25) is 9.78 Å². The molecule has 1 N–H and O–H groups in total. The Hall–Kier alpha value is -2.63. The van der Waals surface area contributed by atoms with Crippen LogP contribution in [0.25, 0.3) is 0 Å². The molecule has 1 amide bonds. The molecule has 4 nitrogen and oxygen atoms in total. The summed E-state index contributed by atoms with van der Waals surface area (Å²) in [6.07, 6.45) is 4.18. The van der Waals surface area contributed by atoms with Gasteiger partial charge in [0.25, 0.3) is 5.91 Å². The molecule has 2 rings (SSSR count). The second kappa shape index (κ2) is 5.81. The number of carbonyl (C=O) groups excluding carboxylic acids is 1. The lowest BCUT2D eigenvalue weighted by atomic mass is 10.2. The maximum absolute atomic E-state index is 12.9. The van der Waals surface area contributed by atoms with Crippen LogP contribution in [0.15, 0.2) is 47.8 Å². The highest BCUT2D eigenvalue weighted by Crippen LogP contribution is 2.06. The lowest BCUT2D eigenvalue weighted by molar-refractivity contribution is 0.0955. The van der Waals surface area contributed by atoms with Crippen LogP contribution in [0.2, 0.25) is 0 Å². The van der Waals surface area contributed by atoms with Crippen LogP contribution in [0.5, 0.6) is 0 Å². The molecule has 0 atom stereocenters. The average molecular weight is 261 g/mol. The van der Waals surface area contributed by atoms with Crippen LogP contribution < -0.4 is 5.43 Å². The number of hydrogen-bond donors (Lipinski definition) is 1. The second-order valence-corrected chi connectivity index (χ2v) is 3.61. The van der Waals surface area contributed by atoms with Gasteiger partial charge in [-0.05, 0) is 29.8 Å². The zero-order valence-corrected chi connectivity index (χ0v) is 9.68. The molecule has 0 saturated carbocycles. The Morgan fingerprint density at radius 1 is 1.16 bits per heavy atom. The summed E-state index contributed by atoms with van der Waals surface area (Å²) >= 11 is 0. The smallest absolute Gasteiger partial charge is 0.267 e. The third kappa shape index (κ3) is 3.41. The summed E-state index contributed by atoms with van der Waals surface area (Å²) in [5.41, 5.74) is 3.01. The number of rotatable bonds is 3. The molecule has 0 aliphatic heterocycles. The van der Waals surface area contributed by atoms with Crippen LogP contribution in [0.4, 0.5) is 8.78 Å². The number of hydrogen-bond acceptors (Lipinski definition) is 3. The molecule has 0 saturated heterocycles. The first-order chi connectivity index (χ1) is 9.16. The Morgan fingerprint density at radius 2 is 1.89 bits per heavy atom. The number of amides is 1. The molecule has 1 aromatic carbocycles. The number of halogens is 2. The van der Waals surface area contributed by atoms with E-state index >= 15 is 0 Å². The normalized spacial score (nSPS) is 10.6. The van der Waals surface area contributed by atoms with Crippen molar-refractivity contribution in [1.29, 1.82) is 0 Å². The Balaban J connectivity index is 2.00. The first-order valence-corrected chi connectivity index (χ1v) is 5.35. The fourth-order valence-corrected chi connectivity index (χ4v) is 1.33. The maximum Gasteiger partial charge on any atom is 0.271 e. The summed E-state index contributed by atoms with van der Waals surface area (Å²) in [5.74, 6) is -2.32. The first-order valence-electron chi connectivity index (χ1n) is 5.35. The molecule has 0 aliphatic rings. The topological polar surface area (TPSA) is 54.4 Å². The van der Waals surface area contributed by atoms with E-state index in [0.717, 1.165) is 12.1 Å². The van der Waals surface area contributed by atoms with Gasteiger partial charge in [0.1, 0.15) is 0 Å². The van der Waals surface area contributed by atoms with Crippen molar-refractivity contribution < 1.29 is 13.6 Å². The SMILES string of the molecule is O=C(N/N=C/c1ccc(F)c(F)c1)c1ccncc1. The van der Waals surface area contributed by atoms with Gasteiger partial charge in [0.05, 0.1) is 6.21 Å². The van der Waals surface area contributed by atoms with Crippen molar-refractivity contribution in [2.45, 2.75) is 0 Å². The van der Waals surface area contributed by atoms with Gasteiger partial charge < -0.3 is 0 Å². The molecular formula is C13H9F2N3O. The van der Waals surface area contributed by atoms with Crippen molar-refractivity contribution in [3.63, 3.8) is 0 Å². The van der Waals surface area contributed by atoms with Gasteiger partial charge in [-0.1, -0.05) is 6.07 Å². The van der Waals surface area contributed by atoms with E-state index in [2.05, 4.69) is 15.5 Å². The Labute approximate surface area is 107 Å².